The first-order valence-electron chi connectivity index (χ1n) is 6.77. The SMILES string of the molecule is O=C(NN1C(=O)CCN1c1ccccc1)c1ccccc1. The Morgan fingerprint density at radius 3 is 2.24 bits per heavy atom. The molecule has 5 nitrogen and oxygen atoms in total. The molecule has 0 bridgehead atoms. The smallest absolute Gasteiger partial charge is 0.271 e. The summed E-state index contributed by atoms with van der Waals surface area (Å²) in [5.74, 6) is -0.421. The maximum Gasteiger partial charge on any atom is 0.271 e. The number of amides is 2. The van der Waals surface area contributed by atoms with Crippen LogP contribution in [-0.2, 0) is 4.79 Å². The predicted molar refractivity (Wildman–Crippen MR) is 79.2 cm³/mol. The predicted octanol–water partition coefficient (Wildman–Crippen LogP) is 1.99. The first-order valence-corrected chi connectivity index (χ1v) is 6.77. The molecular formula is C16H15N3O2. The molecule has 1 N–H and O–H groups in total. The Hall–Kier alpha value is -2.82. The van der Waals surface area contributed by atoms with Gasteiger partial charge in [-0.2, -0.15) is 5.12 Å². The van der Waals surface area contributed by atoms with E-state index in [0.29, 0.717) is 18.5 Å². The lowest BCUT2D eigenvalue weighted by molar-refractivity contribution is -0.130. The van der Waals surface area contributed by atoms with Gasteiger partial charge in [0.2, 0.25) is 0 Å². The topological polar surface area (TPSA) is 52.7 Å². The Morgan fingerprint density at radius 1 is 0.952 bits per heavy atom. The van der Waals surface area contributed by atoms with Crippen LogP contribution in [-0.4, -0.2) is 23.5 Å². The van der Waals surface area contributed by atoms with Gasteiger partial charge in [0.05, 0.1) is 18.7 Å². The van der Waals surface area contributed by atoms with Crippen molar-refractivity contribution in [2.75, 3.05) is 11.6 Å². The summed E-state index contributed by atoms with van der Waals surface area (Å²) in [6.07, 6.45) is 0.379. The number of nitrogens with one attached hydrogen (secondary N) is 1. The molecule has 0 spiro atoms. The lowest BCUT2D eigenvalue weighted by Crippen LogP contribution is -2.51. The molecule has 2 aromatic carbocycles. The van der Waals surface area contributed by atoms with E-state index < -0.39 is 0 Å². The van der Waals surface area contributed by atoms with Gasteiger partial charge in [0.1, 0.15) is 0 Å². The lowest BCUT2D eigenvalue weighted by atomic mass is 10.2. The summed E-state index contributed by atoms with van der Waals surface area (Å²) in [7, 11) is 0. The van der Waals surface area contributed by atoms with Crippen LogP contribution in [0.1, 0.15) is 16.8 Å². The van der Waals surface area contributed by atoms with Gasteiger partial charge in [0.15, 0.2) is 0 Å². The molecule has 1 heterocycles. The number of hydrogen-bond acceptors (Lipinski definition) is 3. The molecule has 1 saturated heterocycles. The van der Waals surface area contributed by atoms with E-state index in [-0.39, 0.29) is 11.8 Å². The van der Waals surface area contributed by atoms with Crippen LogP contribution in [0.3, 0.4) is 0 Å². The van der Waals surface area contributed by atoms with E-state index >= 15 is 0 Å². The van der Waals surface area contributed by atoms with Crippen molar-refractivity contribution in [3.8, 4) is 0 Å². The van der Waals surface area contributed by atoms with E-state index in [4.69, 9.17) is 0 Å². The minimum atomic E-state index is -0.299. The van der Waals surface area contributed by atoms with E-state index in [2.05, 4.69) is 5.43 Å². The van der Waals surface area contributed by atoms with Gasteiger partial charge in [-0.3, -0.25) is 14.6 Å². The van der Waals surface area contributed by atoms with Crippen LogP contribution in [0.4, 0.5) is 5.69 Å². The molecule has 106 valence electrons. The molecule has 0 radical (unpaired) electrons. The molecule has 5 heteroatoms. The van der Waals surface area contributed by atoms with Crippen LogP contribution in [0.15, 0.2) is 60.7 Å². The zero-order chi connectivity index (χ0) is 14.7. The quantitative estimate of drug-likeness (QED) is 0.936. The minimum Gasteiger partial charge on any atom is -0.271 e. The number of carbonyl (C=O) groups is 2. The number of carbonyl (C=O) groups excluding carboxylic acids is 2. The second-order valence-electron chi connectivity index (χ2n) is 4.72. The molecule has 1 aliphatic heterocycles. The van der Waals surface area contributed by atoms with Crippen molar-refractivity contribution in [1.29, 1.82) is 0 Å². The van der Waals surface area contributed by atoms with Gasteiger partial charge >= 0.3 is 0 Å². The van der Waals surface area contributed by atoms with Gasteiger partial charge in [-0.1, -0.05) is 36.4 Å². The third-order valence-electron chi connectivity index (χ3n) is 3.31. The van der Waals surface area contributed by atoms with E-state index in [1.54, 1.807) is 29.3 Å². The largest absolute Gasteiger partial charge is 0.271 e. The fraction of sp³-hybridized carbons (Fsp3) is 0.125. The molecule has 2 aromatic rings. The highest BCUT2D eigenvalue weighted by Crippen LogP contribution is 2.20. The van der Waals surface area contributed by atoms with Gasteiger partial charge in [-0.05, 0) is 24.3 Å². The summed E-state index contributed by atoms with van der Waals surface area (Å²) >= 11 is 0. The maximum absolute atomic E-state index is 12.2. The van der Waals surface area contributed by atoms with Crippen molar-refractivity contribution in [2.45, 2.75) is 6.42 Å². The Kier molecular flexibility index (Phi) is 3.55. The molecule has 2 amide bonds. The number of nitrogens with zero attached hydrogens (tertiary/aromatic N) is 2. The summed E-state index contributed by atoms with van der Waals surface area (Å²) in [5, 5.41) is 3.06. The fourth-order valence-corrected chi connectivity index (χ4v) is 2.26. The van der Waals surface area contributed by atoms with Crippen LogP contribution in [0, 0.1) is 0 Å². The highest BCUT2D eigenvalue weighted by molar-refractivity contribution is 5.96. The highest BCUT2D eigenvalue weighted by atomic mass is 16.2. The summed E-state index contributed by atoms with van der Waals surface area (Å²) < 4.78 is 0. The fourth-order valence-electron chi connectivity index (χ4n) is 2.26. The Labute approximate surface area is 122 Å². The lowest BCUT2D eigenvalue weighted by Gasteiger charge is -2.29. The van der Waals surface area contributed by atoms with Gasteiger partial charge in [-0.15, -0.1) is 0 Å². The van der Waals surface area contributed by atoms with Gasteiger partial charge in [0, 0.05) is 5.56 Å². The van der Waals surface area contributed by atoms with Crippen LogP contribution in [0.5, 0.6) is 0 Å². The standard InChI is InChI=1S/C16H15N3O2/c20-15-11-12-18(14-9-5-2-6-10-14)19(15)17-16(21)13-7-3-1-4-8-13/h1-10H,11-12H2,(H,17,21). The average molecular weight is 281 g/mol. The zero-order valence-corrected chi connectivity index (χ0v) is 11.4. The zero-order valence-electron chi connectivity index (χ0n) is 11.4. The third kappa shape index (κ3) is 2.72. The molecule has 3 rings (SSSR count). The third-order valence-corrected chi connectivity index (χ3v) is 3.31. The molecule has 1 aliphatic rings. The molecule has 0 saturated carbocycles. The van der Waals surface area contributed by atoms with Crippen molar-refractivity contribution in [2.24, 2.45) is 0 Å². The van der Waals surface area contributed by atoms with Crippen LogP contribution in [0.25, 0.3) is 0 Å². The van der Waals surface area contributed by atoms with E-state index in [1.807, 2.05) is 36.4 Å². The average Bonchev–Trinajstić information content (AvgIpc) is 2.90. The van der Waals surface area contributed by atoms with E-state index in [1.165, 1.54) is 5.12 Å². The van der Waals surface area contributed by atoms with E-state index in [0.717, 1.165) is 5.69 Å². The summed E-state index contributed by atoms with van der Waals surface area (Å²) in [6.45, 7) is 0.553. The second kappa shape index (κ2) is 5.66. The van der Waals surface area contributed by atoms with Crippen LogP contribution < -0.4 is 10.4 Å². The maximum atomic E-state index is 12.2. The Bertz CT molecular complexity index is 643. The van der Waals surface area contributed by atoms with Crippen molar-refractivity contribution in [1.82, 2.24) is 10.5 Å². The van der Waals surface area contributed by atoms with Gasteiger partial charge in [0.25, 0.3) is 11.8 Å². The van der Waals surface area contributed by atoms with Crippen LogP contribution >= 0.6 is 0 Å². The van der Waals surface area contributed by atoms with Crippen molar-refractivity contribution < 1.29 is 9.59 Å². The normalized spacial score (nSPS) is 14.4. The first-order chi connectivity index (χ1) is 10.3. The van der Waals surface area contributed by atoms with E-state index in [9.17, 15) is 9.59 Å². The number of rotatable bonds is 3. The summed E-state index contributed by atoms with van der Waals surface area (Å²) in [5.41, 5.74) is 4.05. The molecule has 1 fully saturated rings. The molecular weight excluding hydrogens is 266 g/mol. The van der Waals surface area contributed by atoms with Crippen molar-refractivity contribution in [3.63, 3.8) is 0 Å². The second-order valence-corrected chi connectivity index (χ2v) is 4.72. The van der Waals surface area contributed by atoms with Gasteiger partial charge < -0.3 is 0 Å². The van der Waals surface area contributed by atoms with Crippen LogP contribution in [0.2, 0.25) is 0 Å². The number of hydrazine groups is 2. The Balaban J connectivity index is 1.79. The number of benzene rings is 2. The molecule has 0 atom stereocenters. The monoisotopic (exact) mass is 281 g/mol. The molecule has 21 heavy (non-hydrogen) atoms. The number of hydrogen-bond donors (Lipinski definition) is 1. The molecule has 0 unspecified atom stereocenters. The van der Waals surface area contributed by atoms with Crippen molar-refractivity contribution in [3.05, 3.63) is 66.2 Å². The summed E-state index contributed by atoms with van der Waals surface area (Å²) in [6, 6.07) is 18.4. The number of para-hydroxylation sites is 1. The number of anilines is 1. The minimum absolute atomic E-state index is 0.122. The summed E-state index contributed by atoms with van der Waals surface area (Å²) in [4.78, 5) is 24.2. The van der Waals surface area contributed by atoms with Crippen molar-refractivity contribution >= 4 is 17.5 Å². The first kappa shape index (κ1) is 13.2. The highest BCUT2D eigenvalue weighted by Gasteiger charge is 2.30. The molecule has 0 aromatic heterocycles. The molecule has 0 aliphatic carbocycles. The van der Waals surface area contributed by atoms with Gasteiger partial charge in [-0.25, -0.2) is 5.43 Å². The Morgan fingerprint density at radius 2 is 1.57 bits per heavy atom.